The summed E-state index contributed by atoms with van der Waals surface area (Å²) in [6.45, 7) is 7.77. The molecular weight excluding hydrogens is 342 g/mol. The molecule has 5 heteroatoms. The van der Waals surface area contributed by atoms with Crippen molar-refractivity contribution in [3.8, 4) is 5.75 Å². The van der Waals surface area contributed by atoms with E-state index in [2.05, 4.69) is 25.8 Å². The van der Waals surface area contributed by atoms with Gasteiger partial charge in [0.25, 0.3) is 0 Å². The van der Waals surface area contributed by atoms with Crippen LogP contribution < -0.4 is 4.74 Å². The van der Waals surface area contributed by atoms with Gasteiger partial charge in [0.1, 0.15) is 5.75 Å². The molecule has 0 N–H and O–H groups in total. The Hall–Kier alpha value is -3.21. The fraction of sp³-hybridized carbons (Fsp3) is 0.227. The van der Waals surface area contributed by atoms with Gasteiger partial charge in [0.05, 0.1) is 0 Å². The molecule has 0 fully saturated rings. The summed E-state index contributed by atoms with van der Waals surface area (Å²) in [5.41, 5.74) is 2.98. The lowest BCUT2D eigenvalue weighted by atomic mass is 9.87. The number of nitrogens with zero attached hydrogens (tertiary/aromatic N) is 1. The maximum Gasteiger partial charge on any atom is 0.363 e. The van der Waals surface area contributed by atoms with E-state index < -0.39 is 5.97 Å². The summed E-state index contributed by atoms with van der Waals surface area (Å²) in [5, 5.41) is 0. The van der Waals surface area contributed by atoms with Crippen molar-refractivity contribution >= 4 is 23.9 Å². The molecule has 2 aromatic carbocycles. The predicted molar refractivity (Wildman–Crippen MR) is 103 cm³/mol. The lowest BCUT2D eigenvalue weighted by Crippen LogP contribution is -2.11. The molecule has 0 atom stereocenters. The first-order valence-corrected chi connectivity index (χ1v) is 8.64. The summed E-state index contributed by atoms with van der Waals surface area (Å²) < 4.78 is 10.3. The Labute approximate surface area is 158 Å². The van der Waals surface area contributed by atoms with Gasteiger partial charge in [-0.05, 0) is 46.9 Å². The number of cyclic esters (lactones) is 1. The highest BCUT2D eigenvalue weighted by Crippen LogP contribution is 2.24. The second kappa shape index (κ2) is 7.19. The van der Waals surface area contributed by atoms with Crippen LogP contribution in [0.2, 0.25) is 0 Å². The fourth-order valence-electron chi connectivity index (χ4n) is 2.60. The van der Waals surface area contributed by atoms with Crippen LogP contribution in [0.15, 0.2) is 59.2 Å². The third kappa shape index (κ3) is 4.50. The second-order valence-corrected chi connectivity index (χ2v) is 7.33. The molecule has 3 rings (SSSR count). The maximum atomic E-state index is 12.1. The van der Waals surface area contributed by atoms with Crippen LogP contribution in [-0.2, 0) is 19.7 Å². The molecule has 0 aromatic heterocycles. The molecule has 1 aliphatic rings. The SMILES string of the molecule is CC(=O)Oc1ccc(C=C2N=C(c3ccc(C(C)(C)C)cc3)OC2=O)cc1. The molecule has 138 valence electrons. The molecule has 1 heterocycles. The smallest absolute Gasteiger partial charge is 0.363 e. The largest absolute Gasteiger partial charge is 0.427 e. The summed E-state index contributed by atoms with van der Waals surface area (Å²) in [7, 11) is 0. The van der Waals surface area contributed by atoms with Crippen molar-refractivity contribution in [3.63, 3.8) is 0 Å². The molecule has 0 spiro atoms. The molecule has 0 aliphatic carbocycles. The van der Waals surface area contributed by atoms with Gasteiger partial charge >= 0.3 is 11.9 Å². The normalized spacial score (nSPS) is 15.5. The van der Waals surface area contributed by atoms with E-state index in [1.54, 1.807) is 30.3 Å². The van der Waals surface area contributed by atoms with Crippen LogP contribution in [0.25, 0.3) is 6.08 Å². The first-order valence-electron chi connectivity index (χ1n) is 8.64. The zero-order valence-corrected chi connectivity index (χ0v) is 15.8. The zero-order valence-electron chi connectivity index (χ0n) is 15.8. The van der Waals surface area contributed by atoms with Gasteiger partial charge in [0.2, 0.25) is 5.90 Å². The van der Waals surface area contributed by atoms with Crippen LogP contribution in [0, 0.1) is 0 Å². The number of carbonyl (C=O) groups excluding carboxylic acids is 2. The third-order valence-corrected chi connectivity index (χ3v) is 4.06. The van der Waals surface area contributed by atoms with E-state index in [1.165, 1.54) is 12.5 Å². The third-order valence-electron chi connectivity index (χ3n) is 4.06. The van der Waals surface area contributed by atoms with Gasteiger partial charge in [0, 0.05) is 12.5 Å². The average molecular weight is 363 g/mol. The van der Waals surface area contributed by atoms with Gasteiger partial charge in [-0.3, -0.25) is 4.79 Å². The quantitative estimate of drug-likeness (QED) is 0.464. The summed E-state index contributed by atoms with van der Waals surface area (Å²) in [4.78, 5) is 27.4. The first kappa shape index (κ1) is 18.6. The van der Waals surface area contributed by atoms with Crippen molar-refractivity contribution in [2.45, 2.75) is 33.1 Å². The van der Waals surface area contributed by atoms with Crippen LogP contribution >= 0.6 is 0 Å². The Morgan fingerprint density at radius 3 is 2.22 bits per heavy atom. The maximum absolute atomic E-state index is 12.1. The van der Waals surface area contributed by atoms with Gasteiger partial charge in [-0.1, -0.05) is 45.0 Å². The highest BCUT2D eigenvalue weighted by Gasteiger charge is 2.24. The molecule has 0 bridgehead atoms. The molecule has 0 saturated carbocycles. The van der Waals surface area contributed by atoms with E-state index in [-0.39, 0.29) is 17.1 Å². The van der Waals surface area contributed by atoms with E-state index in [0.717, 1.165) is 11.1 Å². The lowest BCUT2D eigenvalue weighted by molar-refractivity contribution is -0.132. The highest BCUT2D eigenvalue weighted by molar-refractivity contribution is 6.12. The summed E-state index contributed by atoms with van der Waals surface area (Å²) in [6, 6.07) is 14.6. The highest BCUT2D eigenvalue weighted by atomic mass is 16.6. The number of hydrogen-bond donors (Lipinski definition) is 0. The first-order chi connectivity index (χ1) is 12.7. The van der Waals surface area contributed by atoms with Crippen LogP contribution in [0.4, 0.5) is 0 Å². The summed E-state index contributed by atoms with van der Waals surface area (Å²) in [6.07, 6.45) is 1.64. The number of esters is 2. The molecule has 0 radical (unpaired) electrons. The van der Waals surface area contributed by atoms with Crippen molar-refractivity contribution in [1.29, 1.82) is 0 Å². The van der Waals surface area contributed by atoms with Gasteiger partial charge in [-0.25, -0.2) is 9.79 Å². The van der Waals surface area contributed by atoms with Crippen molar-refractivity contribution < 1.29 is 19.1 Å². The number of aliphatic imine (C=N–C) groups is 1. The van der Waals surface area contributed by atoms with Gasteiger partial charge in [-0.2, -0.15) is 0 Å². The van der Waals surface area contributed by atoms with Gasteiger partial charge in [-0.15, -0.1) is 0 Å². The van der Waals surface area contributed by atoms with Crippen molar-refractivity contribution in [2.24, 2.45) is 4.99 Å². The second-order valence-electron chi connectivity index (χ2n) is 7.33. The molecule has 2 aromatic rings. The minimum Gasteiger partial charge on any atom is -0.427 e. The lowest BCUT2D eigenvalue weighted by Gasteiger charge is -2.18. The number of rotatable bonds is 3. The average Bonchev–Trinajstić information content (AvgIpc) is 2.96. The van der Waals surface area contributed by atoms with Crippen molar-refractivity contribution in [3.05, 3.63) is 70.9 Å². The fourth-order valence-corrected chi connectivity index (χ4v) is 2.60. The van der Waals surface area contributed by atoms with Crippen molar-refractivity contribution in [1.82, 2.24) is 0 Å². The molecule has 5 nitrogen and oxygen atoms in total. The predicted octanol–water partition coefficient (Wildman–Crippen LogP) is 4.25. The summed E-state index contributed by atoms with van der Waals surface area (Å²) in [5.74, 6) is -0.133. The van der Waals surface area contributed by atoms with E-state index in [1.807, 2.05) is 24.3 Å². The van der Waals surface area contributed by atoms with Crippen LogP contribution in [0.1, 0.15) is 44.4 Å². The Kier molecular flexibility index (Phi) is 4.95. The number of benzene rings is 2. The van der Waals surface area contributed by atoms with E-state index >= 15 is 0 Å². The van der Waals surface area contributed by atoms with Gasteiger partial charge in [0.15, 0.2) is 5.70 Å². The number of hydrogen-bond acceptors (Lipinski definition) is 5. The van der Waals surface area contributed by atoms with Crippen molar-refractivity contribution in [2.75, 3.05) is 0 Å². The molecular formula is C22H21NO4. The van der Waals surface area contributed by atoms with Crippen LogP contribution in [0.3, 0.4) is 0 Å². The minimum atomic E-state index is -0.492. The number of carbonyl (C=O) groups is 2. The van der Waals surface area contributed by atoms with E-state index in [4.69, 9.17) is 9.47 Å². The summed E-state index contributed by atoms with van der Waals surface area (Å²) >= 11 is 0. The molecule has 0 unspecified atom stereocenters. The Morgan fingerprint density at radius 1 is 1.04 bits per heavy atom. The minimum absolute atomic E-state index is 0.0516. The number of ether oxygens (including phenoxy) is 2. The Bertz CT molecular complexity index is 930. The topological polar surface area (TPSA) is 65.0 Å². The monoisotopic (exact) mass is 363 g/mol. The molecule has 27 heavy (non-hydrogen) atoms. The molecule has 1 aliphatic heterocycles. The Morgan fingerprint density at radius 2 is 1.67 bits per heavy atom. The van der Waals surface area contributed by atoms with Gasteiger partial charge < -0.3 is 9.47 Å². The van der Waals surface area contributed by atoms with Crippen LogP contribution in [-0.4, -0.2) is 17.8 Å². The molecule has 0 saturated heterocycles. The zero-order chi connectivity index (χ0) is 19.6. The van der Waals surface area contributed by atoms with E-state index in [0.29, 0.717) is 11.6 Å². The molecule has 0 amide bonds. The standard InChI is InChI=1S/C22H21NO4/c1-14(24)26-18-11-5-15(6-12-18)13-19-21(25)27-20(23-19)16-7-9-17(10-8-16)22(2,3)4/h5-13H,1-4H3. The Balaban J connectivity index is 1.81. The van der Waals surface area contributed by atoms with Crippen LogP contribution in [0.5, 0.6) is 5.75 Å². The van der Waals surface area contributed by atoms with E-state index in [9.17, 15) is 9.59 Å².